The maximum absolute atomic E-state index is 13.1. The Labute approximate surface area is 157 Å². The van der Waals surface area contributed by atoms with Gasteiger partial charge < -0.3 is 9.84 Å². The molecule has 1 N–H and O–H groups in total. The number of methoxy groups -OCH3 is 1. The second-order valence-electron chi connectivity index (χ2n) is 5.91. The molecule has 5 nitrogen and oxygen atoms in total. The molecule has 0 unspecified atom stereocenters. The van der Waals surface area contributed by atoms with E-state index >= 15 is 0 Å². The number of fused-ring (bicyclic) bond motifs is 1. The van der Waals surface area contributed by atoms with Crippen molar-refractivity contribution in [3.05, 3.63) is 63.0 Å². The number of aromatic nitrogens is 2. The molecule has 9 heteroatoms. The summed E-state index contributed by atoms with van der Waals surface area (Å²) in [4.78, 5) is 12.7. The fourth-order valence-electron chi connectivity index (χ4n) is 2.96. The van der Waals surface area contributed by atoms with E-state index in [0.717, 1.165) is 12.1 Å². The predicted molar refractivity (Wildman–Crippen MR) is 95.4 cm³/mol. The molecule has 27 heavy (non-hydrogen) atoms. The molecule has 0 bridgehead atoms. The molecule has 0 aliphatic carbocycles. The summed E-state index contributed by atoms with van der Waals surface area (Å²) in [6, 6.07) is 8.00. The summed E-state index contributed by atoms with van der Waals surface area (Å²) in [6.07, 6.45) is -4.53. The molecule has 1 aromatic heterocycles. The Bertz CT molecular complexity index is 1040. The van der Waals surface area contributed by atoms with Crippen LogP contribution in [0, 0.1) is 0 Å². The first-order chi connectivity index (χ1) is 12.8. The van der Waals surface area contributed by atoms with Crippen LogP contribution in [0.25, 0.3) is 11.0 Å². The lowest BCUT2D eigenvalue weighted by Gasteiger charge is -2.09. The number of benzene rings is 2. The van der Waals surface area contributed by atoms with Gasteiger partial charge in [0.2, 0.25) is 0 Å². The molecule has 144 valence electrons. The van der Waals surface area contributed by atoms with Crippen LogP contribution in [0.2, 0.25) is 5.02 Å². The van der Waals surface area contributed by atoms with E-state index in [2.05, 4.69) is 0 Å². The number of alkyl halides is 3. The minimum absolute atomic E-state index is 0.0168. The first-order valence-corrected chi connectivity index (χ1v) is 8.37. The van der Waals surface area contributed by atoms with Crippen LogP contribution in [-0.4, -0.2) is 28.0 Å². The van der Waals surface area contributed by atoms with E-state index in [0.29, 0.717) is 21.9 Å². The Morgan fingerprint density at radius 1 is 1.11 bits per heavy atom. The highest BCUT2D eigenvalue weighted by Crippen LogP contribution is 2.32. The van der Waals surface area contributed by atoms with Crippen LogP contribution in [0.4, 0.5) is 13.2 Å². The van der Waals surface area contributed by atoms with Crippen LogP contribution in [0.5, 0.6) is 5.75 Å². The van der Waals surface area contributed by atoms with E-state index < -0.39 is 17.4 Å². The zero-order chi connectivity index (χ0) is 19.8. The molecule has 0 aliphatic rings. The van der Waals surface area contributed by atoms with Gasteiger partial charge in [-0.25, -0.2) is 4.79 Å². The molecule has 2 aromatic carbocycles. The number of nitrogens with zero attached hydrogens (tertiary/aromatic N) is 2. The maximum Gasteiger partial charge on any atom is 0.416 e. The summed E-state index contributed by atoms with van der Waals surface area (Å²) in [5.74, 6) is 0.454. The monoisotopic (exact) mass is 400 g/mol. The number of rotatable bonds is 5. The third-order valence-electron chi connectivity index (χ3n) is 4.23. The van der Waals surface area contributed by atoms with E-state index in [9.17, 15) is 23.1 Å². The van der Waals surface area contributed by atoms with E-state index in [1.54, 1.807) is 18.2 Å². The summed E-state index contributed by atoms with van der Waals surface area (Å²) in [5.41, 5.74) is -0.275. The first-order valence-electron chi connectivity index (χ1n) is 8.00. The lowest BCUT2D eigenvalue weighted by atomic mass is 10.1. The van der Waals surface area contributed by atoms with Gasteiger partial charge in [-0.15, -0.1) is 0 Å². The molecule has 3 aromatic rings. The van der Waals surface area contributed by atoms with Crippen LogP contribution in [0.1, 0.15) is 11.1 Å². The topological polar surface area (TPSA) is 56.4 Å². The van der Waals surface area contributed by atoms with E-state index in [-0.39, 0.29) is 25.2 Å². The van der Waals surface area contributed by atoms with Crippen LogP contribution in [0.3, 0.4) is 0 Å². The van der Waals surface area contributed by atoms with Crippen LogP contribution >= 0.6 is 11.6 Å². The van der Waals surface area contributed by atoms with Crippen LogP contribution in [-0.2, 0) is 19.3 Å². The van der Waals surface area contributed by atoms with E-state index in [1.165, 1.54) is 22.3 Å². The van der Waals surface area contributed by atoms with Gasteiger partial charge in [0.05, 0.1) is 48.4 Å². The Hall–Kier alpha value is -2.45. The third-order valence-corrected chi connectivity index (χ3v) is 4.52. The van der Waals surface area contributed by atoms with Crippen LogP contribution in [0.15, 0.2) is 41.2 Å². The van der Waals surface area contributed by atoms with E-state index in [4.69, 9.17) is 16.3 Å². The van der Waals surface area contributed by atoms with Crippen molar-refractivity contribution < 1.29 is 23.0 Å². The molecule has 0 aliphatic heterocycles. The largest absolute Gasteiger partial charge is 0.495 e. The van der Waals surface area contributed by atoms with Gasteiger partial charge in [0.15, 0.2) is 0 Å². The lowest BCUT2D eigenvalue weighted by Crippen LogP contribution is -2.25. The third kappa shape index (κ3) is 3.68. The highest BCUT2D eigenvalue weighted by Gasteiger charge is 2.31. The molecule has 0 saturated carbocycles. The SMILES string of the molecule is COc1ccc(Cn2c(=O)n(CCO)c3ccc(C(F)(F)F)cc32)cc1Cl. The highest BCUT2D eigenvalue weighted by molar-refractivity contribution is 6.32. The van der Waals surface area contributed by atoms with Crippen molar-refractivity contribution in [2.24, 2.45) is 0 Å². The zero-order valence-corrected chi connectivity index (χ0v) is 15.0. The zero-order valence-electron chi connectivity index (χ0n) is 14.3. The smallest absolute Gasteiger partial charge is 0.416 e. The van der Waals surface area contributed by atoms with Crippen LogP contribution < -0.4 is 10.4 Å². The molecule has 0 fully saturated rings. The van der Waals surface area contributed by atoms with Crippen molar-refractivity contribution in [3.63, 3.8) is 0 Å². The number of aliphatic hydroxyl groups excluding tert-OH is 1. The average molecular weight is 401 g/mol. The number of imidazole rings is 1. The standard InChI is InChI=1S/C18H16ClF3N2O3/c1-27-16-5-2-11(8-13(16)19)10-24-15-9-12(18(20,21)22)3-4-14(15)23(6-7-25)17(24)26/h2-5,8-9,25H,6-7,10H2,1H3. The average Bonchev–Trinajstić information content (AvgIpc) is 2.87. The number of hydrogen-bond acceptors (Lipinski definition) is 3. The van der Waals surface area contributed by atoms with Gasteiger partial charge in [-0.1, -0.05) is 17.7 Å². The van der Waals surface area contributed by atoms with Gasteiger partial charge in [-0.3, -0.25) is 9.13 Å². The summed E-state index contributed by atoms with van der Waals surface area (Å²) < 4.78 is 46.9. The van der Waals surface area contributed by atoms with Crippen molar-refractivity contribution in [1.29, 1.82) is 0 Å². The lowest BCUT2D eigenvalue weighted by molar-refractivity contribution is -0.137. The second kappa shape index (κ2) is 7.28. The highest BCUT2D eigenvalue weighted by atomic mass is 35.5. The molecule has 0 spiro atoms. The Morgan fingerprint density at radius 3 is 2.44 bits per heavy atom. The summed E-state index contributed by atoms with van der Waals surface area (Å²) in [6.45, 7) is -0.301. The minimum atomic E-state index is -4.53. The quantitative estimate of drug-likeness (QED) is 0.713. The number of aliphatic hydroxyl groups is 1. The fourth-order valence-corrected chi connectivity index (χ4v) is 3.24. The molecular formula is C18H16ClF3N2O3. The van der Waals surface area contributed by atoms with Gasteiger partial charge in [0.1, 0.15) is 5.75 Å². The Balaban J connectivity index is 2.16. The van der Waals surface area contributed by atoms with Gasteiger partial charge in [-0.05, 0) is 35.9 Å². The summed E-state index contributed by atoms with van der Waals surface area (Å²) >= 11 is 6.09. The van der Waals surface area contributed by atoms with Gasteiger partial charge in [0, 0.05) is 0 Å². The van der Waals surface area contributed by atoms with Crippen molar-refractivity contribution in [2.45, 2.75) is 19.3 Å². The molecular weight excluding hydrogens is 385 g/mol. The van der Waals surface area contributed by atoms with Crippen molar-refractivity contribution >= 4 is 22.6 Å². The number of hydrogen-bond donors (Lipinski definition) is 1. The van der Waals surface area contributed by atoms with Gasteiger partial charge >= 0.3 is 11.9 Å². The van der Waals surface area contributed by atoms with Crippen molar-refractivity contribution in [3.8, 4) is 5.75 Å². The van der Waals surface area contributed by atoms with E-state index in [1.807, 2.05) is 0 Å². The molecule has 0 radical (unpaired) electrons. The Kier molecular flexibility index (Phi) is 5.21. The second-order valence-corrected chi connectivity index (χ2v) is 6.32. The Morgan fingerprint density at radius 2 is 1.85 bits per heavy atom. The van der Waals surface area contributed by atoms with Crippen molar-refractivity contribution in [2.75, 3.05) is 13.7 Å². The fraction of sp³-hybridized carbons (Fsp3) is 0.278. The summed E-state index contributed by atoms with van der Waals surface area (Å²) in [5, 5.41) is 9.53. The summed E-state index contributed by atoms with van der Waals surface area (Å²) in [7, 11) is 1.46. The maximum atomic E-state index is 13.1. The van der Waals surface area contributed by atoms with Crippen molar-refractivity contribution in [1.82, 2.24) is 9.13 Å². The number of halogens is 4. The number of ether oxygens (including phenoxy) is 1. The normalized spacial score (nSPS) is 11.9. The first kappa shape index (κ1) is 19.3. The van der Waals surface area contributed by atoms with Gasteiger partial charge in [0.25, 0.3) is 0 Å². The van der Waals surface area contributed by atoms with Gasteiger partial charge in [-0.2, -0.15) is 13.2 Å². The molecule has 1 heterocycles. The molecule has 0 amide bonds. The molecule has 0 atom stereocenters. The minimum Gasteiger partial charge on any atom is -0.495 e. The molecule has 0 saturated heterocycles. The molecule has 3 rings (SSSR count). The predicted octanol–water partition coefficient (Wildman–Crippen LogP) is 3.52.